The summed E-state index contributed by atoms with van der Waals surface area (Å²) in [6, 6.07) is 10.8. The molecule has 0 radical (unpaired) electrons. The molecule has 2 amide bonds. The largest absolute Gasteiger partial charge is 0.495 e. The summed E-state index contributed by atoms with van der Waals surface area (Å²) in [5.74, 6) is -0.0468. The van der Waals surface area contributed by atoms with Crippen LogP contribution in [0.3, 0.4) is 0 Å². The SMILES string of the molecule is COc1ccc(NC(=O)c2ccco2)cc1NC(=O)c1cc(Cl)c(OC)c(Cl)c1. The van der Waals surface area contributed by atoms with Gasteiger partial charge in [0.15, 0.2) is 11.5 Å². The Bertz CT molecular complexity index is 1030. The summed E-state index contributed by atoms with van der Waals surface area (Å²) in [6.07, 6.45) is 1.40. The van der Waals surface area contributed by atoms with E-state index in [1.165, 1.54) is 32.6 Å². The smallest absolute Gasteiger partial charge is 0.291 e. The molecule has 9 heteroatoms. The van der Waals surface area contributed by atoms with Crippen molar-refractivity contribution in [1.29, 1.82) is 0 Å². The molecule has 0 saturated carbocycles. The van der Waals surface area contributed by atoms with Gasteiger partial charge >= 0.3 is 0 Å². The maximum Gasteiger partial charge on any atom is 0.291 e. The first-order chi connectivity index (χ1) is 13.9. The minimum Gasteiger partial charge on any atom is -0.495 e. The van der Waals surface area contributed by atoms with E-state index in [-0.39, 0.29) is 27.1 Å². The van der Waals surface area contributed by atoms with Crippen molar-refractivity contribution in [3.8, 4) is 11.5 Å². The van der Waals surface area contributed by atoms with Gasteiger partial charge in [-0.25, -0.2) is 0 Å². The molecule has 2 N–H and O–H groups in total. The van der Waals surface area contributed by atoms with Crippen LogP contribution in [-0.4, -0.2) is 26.0 Å². The lowest BCUT2D eigenvalue weighted by Crippen LogP contribution is -2.14. The van der Waals surface area contributed by atoms with Crippen molar-refractivity contribution in [2.24, 2.45) is 0 Å². The van der Waals surface area contributed by atoms with Crippen LogP contribution in [0.5, 0.6) is 11.5 Å². The van der Waals surface area contributed by atoms with Gasteiger partial charge in [-0.1, -0.05) is 23.2 Å². The predicted octanol–water partition coefficient (Wildman–Crippen LogP) is 5.11. The van der Waals surface area contributed by atoms with Gasteiger partial charge in [-0.3, -0.25) is 9.59 Å². The molecule has 3 aromatic rings. The van der Waals surface area contributed by atoms with Crippen LogP contribution in [0.4, 0.5) is 11.4 Å². The number of methoxy groups -OCH3 is 2. The quantitative estimate of drug-likeness (QED) is 0.562. The Kier molecular flexibility index (Phi) is 6.31. The highest BCUT2D eigenvalue weighted by Crippen LogP contribution is 2.34. The second-order valence-electron chi connectivity index (χ2n) is 5.77. The Balaban J connectivity index is 1.84. The van der Waals surface area contributed by atoms with Gasteiger partial charge < -0.3 is 24.5 Å². The Hall–Kier alpha value is -3.16. The van der Waals surface area contributed by atoms with Crippen LogP contribution in [0.15, 0.2) is 53.1 Å². The molecule has 0 saturated heterocycles. The first-order valence-corrected chi connectivity index (χ1v) is 9.05. The van der Waals surface area contributed by atoms with Gasteiger partial charge in [0.1, 0.15) is 5.75 Å². The van der Waals surface area contributed by atoms with Crippen LogP contribution < -0.4 is 20.1 Å². The van der Waals surface area contributed by atoms with Crippen LogP contribution in [-0.2, 0) is 0 Å². The molecular formula is C20H16Cl2N2O5. The number of hydrogen-bond donors (Lipinski definition) is 2. The zero-order valence-corrected chi connectivity index (χ0v) is 16.9. The number of anilines is 2. The Morgan fingerprint density at radius 2 is 1.66 bits per heavy atom. The molecule has 3 rings (SSSR count). The lowest BCUT2D eigenvalue weighted by atomic mass is 10.2. The second kappa shape index (κ2) is 8.89. The predicted molar refractivity (Wildman–Crippen MR) is 111 cm³/mol. The molecule has 0 aliphatic rings. The number of benzene rings is 2. The molecule has 0 fully saturated rings. The average molecular weight is 435 g/mol. The zero-order chi connectivity index (χ0) is 21.0. The van der Waals surface area contributed by atoms with Crippen molar-refractivity contribution in [2.75, 3.05) is 24.9 Å². The lowest BCUT2D eigenvalue weighted by Gasteiger charge is -2.13. The van der Waals surface area contributed by atoms with Crippen LogP contribution in [0.1, 0.15) is 20.9 Å². The maximum atomic E-state index is 12.7. The third-order valence-corrected chi connectivity index (χ3v) is 4.48. The van der Waals surface area contributed by atoms with E-state index in [1.54, 1.807) is 30.3 Å². The summed E-state index contributed by atoms with van der Waals surface area (Å²) in [7, 11) is 2.90. The molecule has 1 heterocycles. The molecule has 29 heavy (non-hydrogen) atoms. The van der Waals surface area contributed by atoms with Gasteiger partial charge in [0, 0.05) is 11.3 Å². The summed E-state index contributed by atoms with van der Waals surface area (Å²) in [5.41, 5.74) is 1.01. The molecule has 0 spiro atoms. The number of rotatable bonds is 6. The topological polar surface area (TPSA) is 89.8 Å². The fourth-order valence-corrected chi connectivity index (χ4v) is 3.21. The molecule has 0 bridgehead atoms. The molecule has 0 atom stereocenters. The van der Waals surface area contributed by atoms with E-state index >= 15 is 0 Å². The van der Waals surface area contributed by atoms with E-state index < -0.39 is 11.8 Å². The Morgan fingerprint density at radius 1 is 0.931 bits per heavy atom. The van der Waals surface area contributed by atoms with E-state index in [4.69, 9.17) is 37.1 Å². The van der Waals surface area contributed by atoms with E-state index in [0.29, 0.717) is 17.1 Å². The highest BCUT2D eigenvalue weighted by atomic mass is 35.5. The molecule has 0 aliphatic carbocycles. The summed E-state index contributed by atoms with van der Waals surface area (Å²) < 4.78 is 15.4. The molecule has 1 aromatic heterocycles. The van der Waals surface area contributed by atoms with Crippen LogP contribution in [0.25, 0.3) is 0 Å². The van der Waals surface area contributed by atoms with Gasteiger partial charge in [0.05, 0.1) is 36.2 Å². The average Bonchev–Trinajstić information content (AvgIpc) is 3.23. The minimum atomic E-state index is -0.468. The van der Waals surface area contributed by atoms with E-state index in [9.17, 15) is 9.59 Å². The highest BCUT2D eigenvalue weighted by molar-refractivity contribution is 6.37. The first-order valence-electron chi connectivity index (χ1n) is 8.30. The number of halogens is 2. The summed E-state index contributed by atoms with van der Waals surface area (Å²) in [6.45, 7) is 0. The van der Waals surface area contributed by atoms with E-state index in [2.05, 4.69) is 10.6 Å². The van der Waals surface area contributed by atoms with Gasteiger partial charge in [-0.15, -0.1) is 0 Å². The highest BCUT2D eigenvalue weighted by Gasteiger charge is 2.16. The van der Waals surface area contributed by atoms with E-state index in [0.717, 1.165) is 0 Å². The third kappa shape index (κ3) is 4.64. The van der Waals surface area contributed by atoms with Gasteiger partial charge in [-0.05, 0) is 42.5 Å². The number of furan rings is 1. The van der Waals surface area contributed by atoms with E-state index in [1.807, 2.05) is 0 Å². The number of hydrogen-bond acceptors (Lipinski definition) is 5. The Labute approximate surface area is 176 Å². The fraction of sp³-hybridized carbons (Fsp3) is 0.100. The van der Waals surface area contributed by atoms with Crippen molar-refractivity contribution in [3.05, 3.63) is 70.1 Å². The molecular weight excluding hydrogens is 419 g/mol. The van der Waals surface area contributed by atoms with Gasteiger partial charge in [-0.2, -0.15) is 0 Å². The molecule has 150 valence electrons. The Morgan fingerprint density at radius 3 is 2.24 bits per heavy atom. The minimum absolute atomic E-state index is 0.161. The third-order valence-electron chi connectivity index (χ3n) is 3.92. The number of nitrogens with one attached hydrogen (secondary N) is 2. The summed E-state index contributed by atoms with van der Waals surface area (Å²) >= 11 is 12.2. The summed E-state index contributed by atoms with van der Waals surface area (Å²) in [4.78, 5) is 24.8. The number of carbonyl (C=O) groups is 2. The molecule has 0 aliphatic heterocycles. The second-order valence-corrected chi connectivity index (χ2v) is 6.59. The van der Waals surface area contributed by atoms with Gasteiger partial charge in [0.2, 0.25) is 0 Å². The van der Waals surface area contributed by atoms with Crippen LogP contribution in [0, 0.1) is 0 Å². The fourth-order valence-electron chi connectivity index (χ4n) is 2.56. The van der Waals surface area contributed by atoms with Crippen LogP contribution in [0.2, 0.25) is 10.0 Å². The number of ether oxygens (including phenoxy) is 2. The van der Waals surface area contributed by atoms with Crippen molar-refractivity contribution < 1.29 is 23.5 Å². The summed E-state index contributed by atoms with van der Waals surface area (Å²) in [5, 5.41) is 5.82. The standard InChI is InChI=1S/C20H16Cl2N2O5/c1-27-16-6-5-12(23-20(26)17-4-3-7-29-17)10-15(16)24-19(25)11-8-13(21)18(28-2)14(22)9-11/h3-10H,1-2H3,(H,23,26)(H,24,25). The zero-order valence-electron chi connectivity index (χ0n) is 15.4. The van der Waals surface area contributed by atoms with Crippen molar-refractivity contribution in [3.63, 3.8) is 0 Å². The first kappa shape index (κ1) is 20.6. The van der Waals surface area contributed by atoms with Crippen molar-refractivity contribution in [2.45, 2.75) is 0 Å². The number of carbonyl (C=O) groups excluding carboxylic acids is 2. The molecule has 0 unspecified atom stereocenters. The van der Waals surface area contributed by atoms with Gasteiger partial charge in [0.25, 0.3) is 11.8 Å². The normalized spacial score (nSPS) is 10.3. The van der Waals surface area contributed by atoms with Crippen molar-refractivity contribution >= 4 is 46.4 Å². The molecule has 7 nitrogen and oxygen atoms in total. The monoisotopic (exact) mass is 434 g/mol. The molecule has 2 aromatic carbocycles. The maximum absolute atomic E-state index is 12.7. The van der Waals surface area contributed by atoms with Crippen molar-refractivity contribution in [1.82, 2.24) is 0 Å². The number of amides is 2. The van der Waals surface area contributed by atoms with Crippen LogP contribution >= 0.6 is 23.2 Å². The lowest BCUT2D eigenvalue weighted by molar-refractivity contribution is 0.0995.